The first-order valence-corrected chi connectivity index (χ1v) is 8.80. The quantitative estimate of drug-likeness (QED) is 0.824. The van der Waals surface area contributed by atoms with E-state index in [-0.39, 0.29) is 0 Å². The minimum absolute atomic E-state index is 0.426. The number of aliphatic hydroxyl groups is 1. The van der Waals surface area contributed by atoms with E-state index in [2.05, 4.69) is 19.2 Å². The normalized spacial score (nSPS) is 32.7. The Morgan fingerprint density at radius 2 is 1.89 bits per heavy atom. The Morgan fingerprint density at radius 1 is 1.22 bits per heavy atom. The van der Waals surface area contributed by atoms with Gasteiger partial charge < -0.3 is 10.4 Å². The summed E-state index contributed by atoms with van der Waals surface area (Å²) in [5.41, 5.74) is -0.426. The summed E-state index contributed by atoms with van der Waals surface area (Å²) in [4.78, 5) is 0. The molecule has 2 fully saturated rings. The standard InChI is InChI=1S/C15H29NOS/c1-12(2)13-5-3-4-6-14(13)16-11-15(17)7-9-18-10-8-15/h12-14,16-17H,3-11H2,1-2H3. The topological polar surface area (TPSA) is 32.3 Å². The SMILES string of the molecule is CC(C)C1CCCCC1NCC1(O)CCSCC1. The fourth-order valence-corrected chi connectivity index (χ4v) is 4.71. The number of thioether (sulfide) groups is 1. The summed E-state index contributed by atoms with van der Waals surface area (Å²) in [6, 6.07) is 0.636. The molecule has 0 radical (unpaired) electrons. The Labute approximate surface area is 116 Å². The van der Waals surface area contributed by atoms with Crippen molar-refractivity contribution >= 4 is 11.8 Å². The first kappa shape index (κ1) is 14.7. The molecular weight excluding hydrogens is 242 g/mol. The van der Waals surface area contributed by atoms with Gasteiger partial charge in [0.1, 0.15) is 0 Å². The highest BCUT2D eigenvalue weighted by molar-refractivity contribution is 7.99. The van der Waals surface area contributed by atoms with Crippen LogP contribution in [0.3, 0.4) is 0 Å². The zero-order valence-corrected chi connectivity index (χ0v) is 12.8. The van der Waals surface area contributed by atoms with E-state index in [1.807, 2.05) is 11.8 Å². The Hall–Kier alpha value is 0.270. The molecule has 1 aliphatic heterocycles. The molecule has 2 unspecified atom stereocenters. The highest BCUT2D eigenvalue weighted by Gasteiger charge is 2.33. The molecule has 1 saturated heterocycles. The van der Waals surface area contributed by atoms with Crippen LogP contribution in [-0.2, 0) is 0 Å². The Bertz CT molecular complexity index is 251. The fourth-order valence-electron chi connectivity index (χ4n) is 3.46. The molecule has 3 heteroatoms. The molecule has 106 valence electrons. The maximum atomic E-state index is 10.6. The third-order valence-electron chi connectivity index (χ3n) is 4.79. The monoisotopic (exact) mass is 271 g/mol. The minimum atomic E-state index is -0.426. The van der Waals surface area contributed by atoms with Gasteiger partial charge in [-0.1, -0.05) is 26.7 Å². The molecule has 2 rings (SSSR count). The largest absolute Gasteiger partial charge is 0.389 e. The van der Waals surface area contributed by atoms with Crippen molar-refractivity contribution in [1.29, 1.82) is 0 Å². The van der Waals surface area contributed by atoms with E-state index < -0.39 is 5.60 Å². The van der Waals surface area contributed by atoms with E-state index in [9.17, 15) is 5.11 Å². The van der Waals surface area contributed by atoms with Crippen molar-refractivity contribution in [2.24, 2.45) is 11.8 Å². The summed E-state index contributed by atoms with van der Waals surface area (Å²) in [5, 5.41) is 14.3. The Balaban J connectivity index is 1.83. The first-order valence-electron chi connectivity index (χ1n) is 7.64. The zero-order chi connectivity index (χ0) is 13.0. The van der Waals surface area contributed by atoms with Gasteiger partial charge in [0, 0.05) is 12.6 Å². The van der Waals surface area contributed by atoms with Crippen LogP contribution in [0.15, 0.2) is 0 Å². The average molecular weight is 271 g/mol. The summed E-state index contributed by atoms with van der Waals surface area (Å²) in [5.74, 6) is 3.81. The molecular formula is C15H29NOS. The van der Waals surface area contributed by atoms with Crippen LogP contribution in [-0.4, -0.2) is 34.8 Å². The molecule has 18 heavy (non-hydrogen) atoms. The summed E-state index contributed by atoms with van der Waals surface area (Å²) in [6.45, 7) is 5.49. The third kappa shape index (κ3) is 3.88. The fraction of sp³-hybridized carbons (Fsp3) is 1.00. The van der Waals surface area contributed by atoms with Gasteiger partial charge in [0.15, 0.2) is 0 Å². The van der Waals surface area contributed by atoms with E-state index >= 15 is 0 Å². The molecule has 0 aromatic heterocycles. The smallest absolute Gasteiger partial charge is 0.0787 e. The van der Waals surface area contributed by atoms with Crippen molar-refractivity contribution in [2.45, 2.75) is 64.0 Å². The Morgan fingerprint density at radius 3 is 2.56 bits per heavy atom. The van der Waals surface area contributed by atoms with Crippen molar-refractivity contribution < 1.29 is 5.11 Å². The van der Waals surface area contributed by atoms with Gasteiger partial charge in [-0.2, -0.15) is 11.8 Å². The number of hydrogen-bond donors (Lipinski definition) is 2. The lowest BCUT2D eigenvalue weighted by atomic mass is 9.77. The summed E-state index contributed by atoms with van der Waals surface area (Å²) in [7, 11) is 0. The highest BCUT2D eigenvalue weighted by atomic mass is 32.2. The molecule has 1 heterocycles. The predicted octanol–water partition coefficient (Wildman–Crippen LogP) is 3.05. The van der Waals surface area contributed by atoms with Gasteiger partial charge in [-0.25, -0.2) is 0 Å². The molecule has 2 aliphatic rings. The van der Waals surface area contributed by atoms with Gasteiger partial charge in [-0.3, -0.25) is 0 Å². The van der Waals surface area contributed by atoms with Crippen molar-refractivity contribution in [3.05, 3.63) is 0 Å². The molecule has 0 amide bonds. The zero-order valence-electron chi connectivity index (χ0n) is 12.0. The summed E-state index contributed by atoms with van der Waals surface area (Å²) < 4.78 is 0. The number of hydrogen-bond acceptors (Lipinski definition) is 3. The average Bonchev–Trinajstić information content (AvgIpc) is 2.38. The van der Waals surface area contributed by atoms with Crippen molar-refractivity contribution in [1.82, 2.24) is 5.32 Å². The van der Waals surface area contributed by atoms with Crippen LogP contribution in [0.5, 0.6) is 0 Å². The van der Waals surface area contributed by atoms with Gasteiger partial charge >= 0.3 is 0 Å². The molecule has 0 bridgehead atoms. The molecule has 2 atom stereocenters. The van der Waals surface area contributed by atoms with E-state index in [0.29, 0.717) is 6.04 Å². The second-order valence-electron chi connectivity index (χ2n) is 6.52. The van der Waals surface area contributed by atoms with Crippen LogP contribution < -0.4 is 5.32 Å². The third-order valence-corrected chi connectivity index (χ3v) is 5.78. The van der Waals surface area contributed by atoms with Crippen molar-refractivity contribution in [3.63, 3.8) is 0 Å². The minimum Gasteiger partial charge on any atom is -0.389 e. The van der Waals surface area contributed by atoms with Crippen molar-refractivity contribution in [2.75, 3.05) is 18.1 Å². The molecule has 0 aromatic rings. The molecule has 2 N–H and O–H groups in total. The van der Waals surface area contributed by atoms with Gasteiger partial charge in [0.05, 0.1) is 5.60 Å². The van der Waals surface area contributed by atoms with E-state index in [0.717, 1.165) is 42.7 Å². The van der Waals surface area contributed by atoms with Crippen LogP contribution in [0, 0.1) is 11.8 Å². The van der Waals surface area contributed by atoms with Crippen LogP contribution >= 0.6 is 11.8 Å². The maximum absolute atomic E-state index is 10.6. The lowest BCUT2D eigenvalue weighted by Gasteiger charge is -2.39. The first-order chi connectivity index (χ1) is 8.61. The Kier molecular flexibility index (Phi) is 5.40. The summed E-state index contributed by atoms with van der Waals surface area (Å²) in [6.07, 6.45) is 7.34. The number of nitrogens with one attached hydrogen (secondary N) is 1. The highest BCUT2D eigenvalue weighted by Crippen LogP contribution is 2.31. The second kappa shape index (κ2) is 6.62. The number of rotatable bonds is 4. The lowest BCUT2D eigenvalue weighted by molar-refractivity contribution is 0.0241. The van der Waals surface area contributed by atoms with Gasteiger partial charge in [-0.05, 0) is 49.0 Å². The molecule has 1 aliphatic carbocycles. The second-order valence-corrected chi connectivity index (χ2v) is 7.74. The van der Waals surface area contributed by atoms with Crippen LogP contribution in [0.25, 0.3) is 0 Å². The van der Waals surface area contributed by atoms with Crippen LogP contribution in [0.2, 0.25) is 0 Å². The van der Waals surface area contributed by atoms with Gasteiger partial charge in [0.25, 0.3) is 0 Å². The van der Waals surface area contributed by atoms with E-state index in [1.165, 1.54) is 25.7 Å². The van der Waals surface area contributed by atoms with Crippen LogP contribution in [0.1, 0.15) is 52.4 Å². The van der Waals surface area contributed by atoms with E-state index in [4.69, 9.17) is 0 Å². The molecule has 0 spiro atoms. The molecule has 0 aromatic carbocycles. The molecule has 1 saturated carbocycles. The van der Waals surface area contributed by atoms with Crippen molar-refractivity contribution in [3.8, 4) is 0 Å². The van der Waals surface area contributed by atoms with Gasteiger partial charge in [0.2, 0.25) is 0 Å². The van der Waals surface area contributed by atoms with Gasteiger partial charge in [-0.15, -0.1) is 0 Å². The van der Waals surface area contributed by atoms with Crippen LogP contribution in [0.4, 0.5) is 0 Å². The van der Waals surface area contributed by atoms with E-state index in [1.54, 1.807) is 0 Å². The molecule has 2 nitrogen and oxygen atoms in total. The summed E-state index contributed by atoms with van der Waals surface area (Å²) >= 11 is 1.98. The predicted molar refractivity (Wildman–Crippen MR) is 80.1 cm³/mol. The lowest BCUT2D eigenvalue weighted by Crippen LogP contribution is -2.50. The maximum Gasteiger partial charge on any atom is 0.0787 e.